The molecule has 0 aliphatic carbocycles. The quantitative estimate of drug-likeness (QED) is 0.622. The van der Waals surface area contributed by atoms with Gasteiger partial charge in [-0.3, -0.25) is 14.9 Å². The van der Waals surface area contributed by atoms with Crippen LogP contribution in [-0.4, -0.2) is 74.3 Å². The van der Waals surface area contributed by atoms with E-state index in [1.54, 1.807) is 25.7 Å². The highest BCUT2D eigenvalue weighted by Crippen LogP contribution is 2.34. The molecule has 0 saturated carbocycles. The molecular weight excluding hydrogens is 323 g/mol. The van der Waals surface area contributed by atoms with Gasteiger partial charge < -0.3 is 19.7 Å². The van der Waals surface area contributed by atoms with Crippen LogP contribution >= 0.6 is 0 Å². The number of piperidine rings is 1. The lowest BCUT2D eigenvalue weighted by molar-refractivity contribution is -0.00981. The molecule has 25 heavy (non-hydrogen) atoms. The summed E-state index contributed by atoms with van der Waals surface area (Å²) in [4.78, 5) is 21.6. The number of methoxy groups -OCH3 is 1. The monoisotopic (exact) mass is 342 g/mol. The number of anilines is 1. The molecule has 0 spiro atoms. The van der Waals surface area contributed by atoms with Crippen LogP contribution in [0, 0.1) is 0 Å². The first kappa shape index (κ1) is 16.2. The van der Waals surface area contributed by atoms with Crippen molar-refractivity contribution in [2.45, 2.75) is 25.0 Å². The van der Waals surface area contributed by atoms with Crippen molar-refractivity contribution in [2.24, 2.45) is 0 Å². The van der Waals surface area contributed by atoms with Gasteiger partial charge in [0.2, 0.25) is 5.88 Å². The molecule has 2 aromatic rings. The fraction of sp³-hybridized carbons (Fsp3) is 0.467. The van der Waals surface area contributed by atoms with E-state index in [0.717, 1.165) is 31.1 Å². The van der Waals surface area contributed by atoms with Crippen molar-refractivity contribution >= 4 is 18.5 Å². The van der Waals surface area contributed by atoms with E-state index in [2.05, 4.69) is 29.7 Å². The summed E-state index contributed by atoms with van der Waals surface area (Å²) in [6, 6.07) is 0.903. The number of ether oxygens (including phenoxy) is 1. The highest BCUT2D eigenvalue weighted by atomic mass is 16.5. The van der Waals surface area contributed by atoms with Gasteiger partial charge in [0.25, 0.3) is 0 Å². The van der Waals surface area contributed by atoms with E-state index in [4.69, 9.17) is 14.8 Å². The largest absolute Gasteiger partial charge is 0.509 e. The third-order valence-electron chi connectivity index (χ3n) is 4.83. The topological polar surface area (TPSA) is 108 Å². The molecule has 2 aromatic heterocycles. The summed E-state index contributed by atoms with van der Waals surface area (Å²) >= 11 is 0. The molecule has 3 saturated heterocycles. The Balaban J connectivity index is 1.38. The summed E-state index contributed by atoms with van der Waals surface area (Å²) in [7, 11) is -0.00757. The lowest BCUT2D eigenvalue weighted by atomic mass is 9.86. The van der Waals surface area contributed by atoms with Crippen molar-refractivity contribution in [3.8, 4) is 5.88 Å². The molecule has 2 bridgehead atoms. The zero-order chi connectivity index (χ0) is 17.4. The number of nitrogens with zero attached hydrogens (tertiary/aromatic N) is 6. The molecule has 130 valence electrons. The summed E-state index contributed by atoms with van der Waals surface area (Å²) in [6.45, 7) is 2.52. The second-order valence-corrected chi connectivity index (χ2v) is 6.34. The molecule has 2 atom stereocenters. The Labute approximate surface area is 145 Å². The minimum absolute atomic E-state index is 0.158. The summed E-state index contributed by atoms with van der Waals surface area (Å²) in [5.74, 6) is 1.29. The average Bonchev–Trinajstić information content (AvgIpc) is 2.66. The Kier molecular flexibility index (Phi) is 4.24. The van der Waals surface area contributed by atoms with Crippen molar-refractivity contribution in [3.05, 3.63) is 30.5 Å². The van der Waals surface area contributed by atoms with Crippen LogP contribution < -0.4 is 15.2 Å². The lowest BCUT2D eigenvalue weighted by Crippen LogP contribution is -2.68. The van der Waals surface area contributed by atoms with Crippen molar-refractivity contribution in [2.75, 3.05) is 25.1 Å². The van der Waals surface area contributed by atoms with Crippen LogP contribution in [0.25, 0.3) is 0 Å². The molecule has 3 aliphatic heterocycles. The van der Waals surface area contributed by atoms with Crippen LogP contribution in [0.1, 0.15) is 12.1 Å². The normalized spacial score (nSPS) is 22.4. The second kappa shape index (κ2) is 6.55. The number of fused-ring (bicyclic) bond motifs is 2. The van der Waals surface area contributed by atoms with Crippen LogP contribution in [-0.2, 0) is 6.54 Å². The second-order valence-electron chi connectivity index (χ2n) is 6.34. The standard InChI is InChI=1S/C15H19BN6O3/c1-25-15-6-17-10(3-20-15)7-22-11-2-12(22)9-21(8-11)14-5-18-13(4-19-14)16(23)24/h3-6,11-12,23-24H,2,7-9H2,1H3. The fourth-order valence-corrected chi connectivity index (χ4v) is 3.48. The third-order valence-corrected chi connectivity index (χ3v) is 4.83. The molecule has 10 heteroatoms. The molecule has 3 aliphatic rings. The minimum Gasteiger partial charge on any atom is -0.480 e. The third kappa shape index (κ3) is 3.15. The van der Waals surface area contributed by atoms with Gasteiger partial charge in [-0.05, 0) is 6.42 Å². The van der Waals surface area contributed by atoms with E-state index in [9.17, 15) is 0 Å². The average molecular weight is 342 g/mol. The molecular formula is C15H19BN6O3. The van der Waals surface area contributed by atoms with E-state index in [0.29, 0.717) is 18.0 Å². The van der Waals surface area contributed by atoms with Gasteiger partial charge in [-0.25, -0.2) is 9.97 Å². The van der Waals surface area contributed by atoms with E-state index in [1.165, 1.54) is 12.6 Å². The zero-order valence-electron chi connectivity index (χ0n) is 13.9. The van der Waals surface area contributed by atoms with Gasteiger partial charge in [0.05, 0.1) is 37.0 Å². The van der Waals surface area contributed by atoms with Gasteiger partial charge in [0.1, 0.15) is 5.82 Å². The van der Waals surface area contributed by atoms with Crippen molar-refractivity contribution < 1.29 is 14.8 Å². The first-order valence-electron chi connectivity index (χ1n) is 8.17. The zero-order valence-corrected chi connectivity index (χ0v) is 13.9. The molecule has 0 amide bonds. The number of piperazine rings is 1. The van der Waals surface area contributed by atoms with E-state index in [1.807, 2.05) is 0 Å². The SMILES string of the molecule is COc1cnc(CN2C3CC2CN(c2cnc(B(O)O)cn2)C3)cn1. The maximum absolute atomic E-state index is 9.10. The van der Waals surface area contributed by atoms with Gasteiger partial charge in [-0.2, -0.15) is 0 Å². The Morgan fingerprint density at radius 2 is 1.88 bits per heavy atom. The molecule has 3 fully saturated rings. The highest BCUT2D eigenvalue weighted by Gasteiger charge is 2.44. The maximum Gasteiger partial charge on any atom is 0.509 e. The molecule has 2 unspecified atom stereocenters. The van der Waals surface area contributed by atoms with Crippen LogP contribution in [0.3, 0.4) is 0 Å². The summed E-state index contributed by atoms with van der Waals surface area (Å²) in [6.07, 6.45) is 7.57. The van der Waals surface area contributed by atoms with E-state index >= 15 is 0 Å². The Hall–Kier alpha value is -2.30. The number of aromatic nitrogens is 4. The lowest BCUT2D eigenvalue weighted by Gasteiger charge is -2.56. The summed E-state index contributed by atoms with van der Waals surface area (Å²) < 4.78 is 5.04. The van der Waals surface area contributed by atoms with Gasteiger partial charge in [-0.15, -0.1) is 0 Å². The summed E-state index contributed by atoms with van der Waals surface area (Å²) in [5, 5.41) is 18.2. The smallest absolute Gasteiger partial charge is 0.480 e. The van der Waals surface area contributed by atoms with E-state index < -0.39 is 7.12 Å². The van der Waals surface area contributed by atoms with Crippen LogP contribution in [0.5, 0.6) is 5.88 Å². The Morgan fingerprint density at radius 1 is 1.08 bits per heavy atom. The summed E-state index contributed by atoms with van der Waals surface area (Å²) in [5.41, 5.74) is 1.09. The van der Waals surface area contributed by atoms with Gasteiger partial charge >= 0.3 is 7.12 Å². The number of hydrogen-bond acceptors (Lipinski definition) is 9. The molecule has 9 nitrogen and oxygen atoms in total. The van der Waals surface area contributed by atoms with Gasteiger partial charge in [-0.1, -0.05) is 0 Å². The first-order chi connectivity index (χ1) is 12.1. The van der Waals surface area contributed by atoms with Crippen LogP contribution in [0.15, 0.2) is 24.8 Å². The highest BCUT2D eigenvalue weighted by molar-refractivity contribution is 6.57. The first-order valence-corrected chi connectivity index (χ1v) is 8.17. The number of rotatable bonds is 5. The van der Waals surface area contributed by atoms with Crippen LogP contribution in [0.2, 0.25) is 0 Å². The van der Waals surface area contributed by atoms with Crippen LogP contribution in [0.4, 0.5) is 5.82 Å². The molecule has 2 N–H and O–H groups in total. The molecule has 0 aromatic carbocycles. The predicted molar refractivity (Wildman–Crippen MR) is 90.4 cm³/mol. The Bertz CT molecular complexity index is 717. The van der Waals surface area contributed by atoms with Crippen molar-refractivity contribution in [3.63, 3.8) is 0 Å². The Morgan fingerprint density at radius 3 is 2.44 bits per heavy atom. The van der Waals surface area contributed by atoms with Crippen molar-refractivity contribution in [1.82, 2.24) is 24.8 Å². The van der Waals surface area contributed by atoms with E-state index in [-0.39, 0.29) is 5.59 Å². The fourth-order valence-electron chi connectivity index (χ4n) is 3.48. The maximum atomic E-state index is 9.10. The molecule has 5 rings (SSSR count). The van der Waals surface area contributed by atoms with Gasteiger partial charge in [0.15, 0.2) is 0 Å². The predicted octanol–water partition coefficient (Wildman–Crippen LogP) is -1.58. The minimum atomic E-state index is -1.59. The molecule has 0 radical (unpaired) electrons. The van der Waals surface area contributed by atoms with Crippen molar-refractivity contribution in [1.29, 1.82) is 0 Å². The van der Waals surface area contributed by atoms with Gasteiger partial charge in [0, 0.05) is 37.9 Å². The molecule has 5 heterocycles. The number of hydrogen-bond donors (Lipinski definition) is 2.